The Morgan fingerprint density at radius 3 is 2.57 bits per heavy atom. The molecule has 0 saturated carbocycles. The Balaban J connectivity index is 2.08. The van der Waals surface area contributed by atoms with Gasteiger partial charge >= 0.3 is 5.97 Å². The van der Waals surface area contributed by atoms with Crippen LogP contribution in [0.4, 0.5) is 5.69 Å². The number of nitro benzene ring substituents is 1. The molecule has 0 aliphatic carbocycles. The highest BCUT2D eigenvalue weighted by Gasteiger charge is 2.24. The lowest BCUT2D eigenvalue weighted by Crippen LogP contribution is -2.42. The smallest absolute Gasteiger partial charge is 0.329 e. The second-order valence-corrected chi connectivity index (χ2v) is 7.17. The summed E-state index contributed by atoms with van der Waals surface area (Å²) in [5, 5.41) is 14.0. The number of nitrogens with one attached hydrogen (secondary N) is 1. The van der Waals surface area contributed by atoms with Gasteiger partial charge in [0.25, 0.3) is 11.6 Å². The fourth-order valence-electron chi connectivity index (χ4n) is 2.43. The minimum absolute atomic E-state index is 0.129. The van der Waals surface area contributed by atoms with E-state index in [0.717, 1.165) is 0 Å². The molecule has 0 spiro atoms. The molecule has 0 aliphatic heterocycles. The molecule has 28 heavy (non-hydrogen) atoms. The molecule has 0 fully saturated rings. The van der Waals surface area contributed by atoms with E-state index in [-0.39, 0.29) is 28.4 Å². The highest BCUT2D eigenvalue weighted by Crippen LogP contribution is 2.19. The number of hydrogen-bond donors (Lipinski definition) is 1. The maximum Gasteiger partial charge on any atom is 0.329 e. The molecule has 0 heterocycles. The van der Waals surface area contributed by atoms with Gasteiger partial charge in [0.1, 0.15) is 12.6 Å². The van der Waals surface area contributed by atoms with Gasteiger partial charge in [0.2, 0.25) is 0 Å². The van der Waals surface area contributed by atoms with Crippen LogP contribution in [0.25, 0.3) is 0 Å². The zero-order chi connectivity index (χ0) is 20.5. The largest absolute Gasteiger partial charge is 0.459 e. The molecule has 2 aromatic rings. The van der Waals surface area contributed by atoms with Crippen LogP contribution in [0.3, 0.4) is 0 Å². The summed E-state index contributed by atoms with van der Waals surface area (Å²) in [5.41, 5.74) is 0.405. The fourth-order valence-corrected chi connectivity index (χ4v) is 3.12. The minimum atomic E-state index is -0.890. The number of thioether (sulfide) groups is 1. The molecule has 1 N–H and O–H groups in total. The Morgan fingerprint density at radius 2 is 1.89 bits per heavy atom. The van der Waals surface area contributed by atoms with E-state index < -0.39 is 22.8 Å². The number of para-hydroxylation sites is 1. The quantitative estimate of drug-likeness (QED) is 0.374. The lowest BCUT2D eigenvalue weighted by Gasteiger charge is -2.18. The van der Waals surface area contributed by atoms with Gasteiger partial charge in [-0.05, 0) is 36.6 Å². The van der Waals surface area contributed by atoms with Crippen molar-refractivity contribution in [3.05, 3.63) is 74.8 Å². The molecule has 9 heteroatoms. The van der Waals surface area contributed by atoms with Crippen LogP contribution in [-0.4, -0.2) is 34.9 Å². The van der Waals surface area contributed by atoms with Crippen molar-refractivity contribution in [2.24, 2.45) is 0 Å². The van der Waals surface area contributed by atoms with E-state index >= 15 is 0 Å². The van der Waals surface area contributed by atoms with E-state index in [2.05, 4.69) is 5.32 Å². The standard InChI is InChI=1S/C19H19ClN2O5S/c1-28-11-10-16(21-18(23)14-7-3-4-8-15(14)20)19(24)27-12-13-6-2-5-9-17(13)22(25)26/h2-9,16H,10-12H2,1H3,(H,21,23). The number of amides is 1. The average Bonchev–Trinajstić information content (AvgIpc) is 2.69. The number of carbonyl (C=O) groups excluding carboxylic acids is 2. The molecular formula is C19H19ClN2O5S. The van der Waals surface area contributed by atoms with Crippen LogP contribution in [0.5, 0.6) is 0 Å². The zero-order valence-corrected chi connectivity index (χ0v) is 16.7. The van der Waals surface area contributed by atoms with Crippen molar-refractivity contribution >= 4 is 40.9 Å². The molecule has 1 atom stereocenters. The number of rotatable bonds is 9. The Bertz CT molecular complexity index is 862. The molecule has 1 amide bonds. The number of esters is 1. The van der Waals surface area contributed by atoms with Gasteiger partial charge in [-0.2, -0.15) is 11.8 Å². The van der Waals surface area contributed by atoms with Crippen LogP contribution in [0, 0.1) is 10.1 Å². The predicted octanol–water partition coefficient (Wildman–Crippen LogP) is 3.84. The van der Waals surface area contributed by atoms with E-state index in [9.17, 15) is 19.7 Å². The Morgan fingerprint density at radius 1 is 1.21 bits per heavy atom. The number of ether oxygens (including phenoxy) is 1. The molecule has 2 rings (SSSR count). The molecule has 7 nitrogen and oxygen atoms in total. The summed E-state index contributed by atoms with van der Waals surface area (Å²) in [6, 6.07) is 11.6. The topological polar surface area (TPSA) is 98.5 Å². The van der Waals surface area contributed by atoms with Crippen LogP contribution in [0.15, 0.2) is 48.5 Å². The third-order valence-corrected chi connectivity index (χ3v) is 4.85. The van der Waals surface area contributed by atoms with Crippen molar-refractivity contribution < 1.29 is 19.2 Å². The maximum absolute atomic E-state index is 12.5. The van der Waals surface area contributed by atoms with Crippen LogP contribution >= 0.6 is 23.4 Å². The molecular weight excluding hydrogens is 404 g/mol. The molecule has 0 aromatic heterocycles. The molecule has 2 aromatic carbocycles. The van der Waals surface area contributed by atoms with Gasteiger partial charge in [-0.1, -0.05) is 35.9 Å². The number of nitro groups is 1. The molecule has 0 radical (unpaired) electrons. The van der Waals surface area contributed by atoms with Crippen LogP contribution in [0.2, 0.25) is 5.02 Å². The van der Waals surface area contributed by atoms with Crippen molar-refractivity contribution in [1.29, 1.82) is 0 Å². The van der Waals surface area contributed by atoms with E-state index in [1.165, 1.54) is 30.0 Å². The van der Waals surface area contributed by atoms with Gasteiger partial charge < -0.3 is 10.1 Å². The van der Waals surface area contributed by atoms with Crippen LogP contribution < -0.4 is 5.32 Å². The normalized spacial score (nSPS) is 11.5. The molecule has 0 saturated heterocycles. The summed E-state index contributed by atoms with van der Waals surface area (Å²) in [6.07, 6.45) is 2.23. The summed E-state index contributed by atoms with van der Waals surface area (Å²) in [4.78, 5) is 35.5. The number of benzene rings is 2. The van der Waals surface area contributed by atoms with Crippen LogP contribution in [0.1, 0.15) is 22.3 Å². The van der Waals surface area contributed by atoms with Crippen LogP contribution in [-0.2, 0) is 16.1 Å². The van der Waals surface area contributed by atoms with Crippen molar-refractivity contribution in [3.63, 3.8) is 0 Å². The second kappa shape index (κ2) is 10.7. The van der Waals surface area contributed by atoms with E-state index in [0.29, 0.717) is 12.2 Å². The van der Waals surface area contributed by atoms with Gasteiger partial charge in [0.05, 0.1) is 21.1 Å². The summed E-state index contributed by atoms with van der Waals surface area (Å²) in [5.74, 6) is -0.527. The summed E-state index contributed by atoms with van der Waals surface area (Å²) >= 11 is 7.55. The van der Waals surface area contributed by atoms with E-state index in [1.807, 2.05) is 6.26 Å². The first-order valence-corrected chi connectivity index (χ1v) is 10.1. The summed E-state index contributed by atoms with van der Waals surface area (Å²) in [7, 11) is 0. The van der Waals surface area contributed by atoms with Gasteiger partial charge in [-0.3, -0.25) is 14.9 Å². The van der Waals surface area contributed by atoms with Crippen molar-refractivity contribution in [2.75, 3.05) is 12.0 Å². The van der Waals surface area contributed by atoms with Gasteiger partial charge in [0.15, 0.2) is 0 Å². The third kappa shape index (κ3) is 5.97. The van der Waals surface area contributed by atoms with E-state index in [4.69, 9.17) is 16.3 Å². The summed E-state index contributed by atoms with van der Waals surface area (Å²) < 4.78 is 5.24. The summed E-state index contributed by atoms with van der Waals surface area (Å²) in [6.45, 7) is -0.256. The molecule has 1 unspecified atom stereocenters. The number of halogens is 1. The minimum Gasteiger partial charge on any atom is -0.459 e. The molecule has 0 bridgehead atoms. The number of carbonyl (C=O) groups is 2. The van der Waals surface area contributed by atoms with Crippen molar-refractivity contribution in [2.45, 2.75) is 19.1 Å². The number of nitrogens with zero attached hydrogens (tertiary/aromatic N) is 1. The first-order valence-electron chi connectivity index (χ1n) is 8.37. The average molecular weight is 423 g/mol. The van der Waals surface area contributed by atoms with Gasteiger partial charge in [-0.25, -0.2) is 4.79 Å². The van der Waals surface area contributed by atoms with Gasteiger partial charge in [0, 0.05) is 6.07 Å². The fraction of sp³-hybridized carbons (Fsp3) is 0.263. The first kappa shape index (κ1) is 21.7. The highest BCUT2D eigenvalue weighted by molar-refractivity contribution is 7.98. The van der Waals surface area contributed by atoms with Gasteiger partial charge in [-0.15, -0.1) is 0 Å². The Kier molecular flexibility index (Phi) is 8.28. The zero-order valence-electron chi connectivity index (χ0n) is 15.1. The Labute approximate surface area is 171 Å². The first-order chi connectivity index (χ1) is 13.4. The van der Waals surface area contributed by atoms with Crippen molar-refractivity contribution in [1.82, 2.24) is 5.32 Å². The highest BCUT2D eigenvalue weighted by atomic mass is 35.5. The third-order valence-electron chi connectivity index (χ3n) is 3.88. The lowest BCUT2D eigenvalue weighted by molar-refractivity contribution is -0.385. The van der Waals surface area contributed by atoms with E-state index in [1.54, 1.807) is 30.3 Å². The lowest BCUT2D eigenvalue weighted by atomic mass is 10.1. The van der Waals surface area contributed by atoms with Crippen molar-refractivity contribution in [3.8, 4) is 0 Å². The SMILES string of the molecule is CSCCC(NC(=O)c1ccccc1Cl)C(=O)OCc1ccccc1[N+](=O)[O-]. The second-order valence-electron chi connectivity index (χ2n) is 5.78. The predicted molar refractivity (Wildman–Crippen MR) is 109 cm³/mol. The molecule has 0 aliphatic rings. The number of hydrogen-bond acceptors (Lipinski definition) is 6. The maximum atomic E-state index is 12.5. The molecule has 148 valence electrons. The monoisotopic (exact) mass is 422 g/mol. The Hall–Kier alpha value is -2.58.